The number of hydrogen-bond acceptors (Lipinski definition) is 3. The van der Waals surface area contributed by atoms with E-state index in [-0.39, 0.29) is 5.82 Å². The second kappa shape index (κ2) is 10.9. The Kier molecular flexibility index (Phi) is 8.26. The topological polar surface area (TPSA) is 26.7 Å². The predicted octanol–water partition coefficient (Wildman–Crippen LogP) is 4.33. The number of nitrogens with zero attached hydrogens (tertiary/aromatic N) is 2. The van der Waals surface area contributed by atoms with Gasteiger partial charge in [0.2, 0.25) is 0 Å². The van der Waals surface area contributed by atoms with Gasteiger partial charge in [-0.15, -0.1) is 0 Å². The summed E-state index contributed by atoms with van der Waals surface area (Å²) >= 11 is 0. The molecule has 0 bridgehead atoms. The van der Waals surface area contributed by atoms with Gasteiger partial charge in [0.05, 0.1) is 0 Å². The minimum Gasteiger partial charge on any atom is -0.378 e. The molecule has 2 aromatic rings. The van der Waals surface area contributed by atoms with Gasteiger partial charge >= 0.3 is 0 Å². The monoisotopic (exact) mass is 422 g/mol. The number of benzene rings is 2. The third kappa shape index (κ3) is 8.45. The first kappa shape index (κ1) is 23.5. The van der Waals surface area contributed by atoms with Crippen LogP contribution in [0, 0.1) is 23.6 Å². The summed E-state index contributed by atoms with van der Waals surface area (Å²) in [5.41, 5.74) is 2.33. The lowest BCUT2D eigenvalue weighted by Crippen LogP contribution is -2.38. The van der Waals surface area contributed by atoms with Gasteiger partial charge in [-0.2, -0.15) is 0 Å². The van der Waals surface area contributed by atoms with Crippen LogP contribution < -0.4 is 0 Å². The maximum Gasteiger partial charge on any atom is 0.123 e. The van der Waals surface area contributed by atoms with Gasteiger partial charge < -0.3 is 14.9 Å². The van der Waals surface area contributed by atoms with Crippen LogP contribution in [0.5, 0.6) is 0 Å². The van der Waals surface area contributed by atoms with E-state index < -0.39 is 5.60 Å². The first-order valence-corrected chi connectivity index (χ1v) is 11.3. The highest BCUT2D eigenvalue weighted by Gasteiger charge is 2.20. The van der Waals surface area contributed by atoms with Crippen molar-refractivity contribution in [2.24, 2.45) is 5.92 Å². The number of hydrogen-bond donors (Lipinski definition) is 1. The van der Waals surface area contributed by atoms with Gasteiger partial charge in [-0.05, 0) is 94.6 Å². The summed E-state index contributed by atoms with van der Waals surface area (Å²) in [7, 11) is 2.19. The van der Waals surface area contributed by atoms with E-state index in [4.69, 9.17) is 0 Å². The lowest BCUT2D eigenvalue weighted by atomic mass is 9.95. The molecule has 0 saturated carbocycles. The molecule has 1 aliphatic heterocycles. The molecule has 4 heteroatoms. The van der Waals surface area contributed by atoms with Crippen molar-refractivity contribution >= 4 is 0 Å². The van der Waals surface area contributed by atoms with Crippen molar-refractivity contribution in [3.63, 3.8) is 0 Å². The smallest absolute Gasteiger partial charge is 0.123 e. The molecule has 3 rings (SSSR count). The van der Waals surface area contributed by atoms with Crippen molar-refractivity contribution in [3.8, 4) is 11.8 Å². The molecule has 1 aliphatic rings. The zero-order chi connectivity index (χ0) is 22.3. The van der Waals surface area contributed by atoms with E-state index in [1.807, 2.05) is 18.2 Å². The van der Waals surface area contributed by atoms with Crippen molar-refractivity contribution in [3.05, 3.63) is 71.0 Å². The Morgan fingerprint density at radius 2 is 1.81 bits per heavy atom. The molecular formula is C27H35FN2O. The summed E-state index contributed by atoms with van der Waals surface area (Å²) in [6.07, 6.45) is 3.36. The summed E-state index contributed by atoms with van der Waals surface area (Å²) in [6, 6.07) is 15.3. The van der Waals surface area contributed by atoms with Crippen LogP contribution in [-0.2, 0) is 13.0 Å². The average Bonchev–Trinajstić information content (AvgIpc) is 2.72. The molecule has 0 amide bonds. The Balaban J connectivity index is 1.38. The number of piperidine rings is 1. The highest BCUT2D eigenvalue weighted by atomic mass is 19.1. The molecule has 2 aromatic carbocycles. The lowest BCUT2D eigenvalue weighted by Gasteiger charge is -2.34. The molecule has 1 fully saturated rings. The van der Waals surface area contributed by atoms with Crippen LogP contribution in [0.25, 0.3) is 0 Å². The first-order valence-electron chi connectivity index (χ1n) is 11.3. The Bertz CT molecular complexity index is 884. The second-order valence-electron chi connectivity index (χ2n) is 9.37. The minimum atomic E-state index is -0.964. The molecule has 0 radical (unpaired) electrons. The zero-order valence-electron chi connectivity index (χ0n) is 19.1. The van der Waals surface area contributed by atoms with E-state index in [1.165, 1.54) is 24.5 Å². The van der Waals surface area contributed by atoms with Crippen LogP contribution in [0.1, 0.15) is 43.4 Å². The normalized spacial score (nSPS) is 15.7. The average molecular weight is 423 g/mol. The largest absolute Gasteiger partial charge is 0.378 e. The molecule has 0 unspecified atom stereocenters. The minimum absolute atomic E-state index is 0.143. The van der Waals surface area contributed by atoms with E-state index in [2.05, 4.69) is 40.8 Å². The van der Waals surface area contributed by atoms with Crippen molar-refractivity contribution in [2.45, 2.75) is 45.3 Å². The highest BCUT2D eigenvalue weighted by Crippen LogP contribution is 2.19. The quantitative estimate of drug-likeness (QED) is 0.673. The molecule has 0 aromatic heterocycles. The van der Waals surface area contributed by atoms with Gasteiger partial charge in [0.1, 0.15) is 11.4 Å². The molecule has 166 valence electrons. The van der Waals surface area contributed by atoms with Crippen LogP contribution in [-0.4, -0.2) is 53.7 Å². The fourth-order valence-corrected chi connectivity index (χ4v) is 4.11. The summed E-state index contributed by atoms with van der Waals surface area (Å²) in [5, 5.41) is 9.72. The molecule has 31 heavy (non-hydrogen) atoms. The highest BCUT2D eigenvalue weighted by molar-refractivity contribution is 5.37. The predicted molar refractivity (Wildman–Crippen MR) is 125 cm³/mol. The third-order valence-corrected chi connectivity index (χ3v) is 5.80. The zero-order valence-corrected chi connectivity index (χ0v) is 19.1. The number of aliphatic hydroxyl groups is 1. The fraction of sp³-hybridized carbons (Fsp3) is 0.481. The van der Waals surface area contributed by atoms with E-state index in [1.54, 1.807) is 26.0 Å². The second-order valence-corrected chi connectivity index (χ2v) is 9.37. The Labute approximate surface area is 186 Å². The van der Waals surface area contributed by atoms with Gasteiger partial charge in [0.15, 0.2) is 0 Å². The maximum absolute atomic E-state index is 13.3. The van der Waals surface area contributed by atoms with Gasteiger partial charge in [-0.3, -0.25) is 0 Å². The number of likely N-dealkylation sites (tertiary alicyclic amines) is 1. The van der Waals surface area contributed by atoms with Crippen LogP contribution in [0.4, 0.5) is 4.39 Å². The van der Waals surface area contributed by atoms with E-state index in [0.29, 0.717) is 0 Å². The first-order chi connectivity index (χ1) is 14.8. The molecule has 1 heterocycles. The molecular weight excluding hydrogens is 387 g/mol. The van der Waals surface area contributed by atoms with Crippen LogP contribution >= 0.6 is 0 Å². The lowest BCUT2D eigenvalue weighted by molar-refractivity contribution is 0.143. The van der Waals surface area contributed by atoms with Gasteiger partial charge in [0.25, 0.3) is 0 Å². The van der Waals surface area contributed by atoms with Crippen molar-refractivity contribution < 1.29 is 9.50 Å². The molecule has 3 nitrogen and oxygen atoms in total. The molecule has 1 saturated heterocycles. The Morgan fingerprint density at radius 3 is 2.45 bits per heavy atom. The van der Waals surface area contributed by atoms with Crippen LogP contribution in [0.15, 0.2) is 48.5 Å². The van der Waals surface area contributed by atoms with E-state index in [0.717, 1.165) is 56.2 Å². The van der Waals surface area contributed by atoms with Crippen molar-refractivity contribution in [1.82, 2.24) is 9.80 Å². The van der Waals surface area contributed by atoms with Gasteiger partial charge in [0, 0.05) is 25.2 Å². The summed E-state index contributed by atoms with van der Waals surface area (Å²) in [6.45, 7) is 8.69. The van der Waals surface area contributed by atoms with Gasteiger partial charge in [-0.1, -0.05) is 36.1 Å². The maximum atomic E-state index is 13.3. The summed E-state index contributed by atoms with van der Waals surface area (Å²) in [4.78, 5) is 4.92. The number of rotatable bonds is 7. The van der Waals surface area contributed by atoms with Crippen molar-refractivity contribution in [1.29, 1.82) is 0 Å². The third-order valence-electron chi connectivity index (χ3n) is 5.80. The standard InChI is InChI=1S/C27H35FN2O/c1-27(2,31)15-11-22-7-9-24(10-8-22)20-29(3)21-25-13-17-30(18-14-25)16-12-23-5-4-6-26(28)19-23/h4-10,19,25,31H,12-14,16-18,20-21H2,1-3H3. The fourth-order valence-electron chi connectivity index (χ4n) is 4.11. The number of halogens is 1. The molecule has 0 aliphatic carbocycles. The molecule has 1 N–H and O–H groups in total. The molecule has 0 spiro atoms. The SMILES string of the molecule is CN(Cc1ccc(C#CC(C)(C)O)cc1)CC1CCN(CCc2cccc(F)c2)CC1. The molecule has 0 atom stereocenters. The van der Waals surface area contributed by atoms with Crippen molar-refractivity contribution in [2.75, 3.05) is 33.2 Å². The van der Waals surface area contributed by atoms with Crippen LogP contribution in [0.3, 0.4) is 0 Å². The van der Waals surface area contributed by atoms with E-state index >= 15 is 0 Å². The van der Waals surface area contributed by atoms with E-state index in [9.17, 15) is 9.50 Å². The Hall–Kier alpha value is -2.19. The van der Waals surface area contributed by atoms with Crippen LogP contribution in [0.2, 0.25) is 0 Å². The Morgan fingerprint density at radius 1 is 1.10 bits per heavy atom. The summed E-state index contributed by atoms with van der Waals surface area (Å²) < 4.78 is 13.3. The van der Waals surface area contributed by atoms with Gasteiger partial charge in [-0.25, -0.2) is 4.39 Å². The summed E-state index contributed by atoms with van der Waals surface area (Å²) in [5.74, 6) is 6.46.